The van der Waals surface area contributed by atoms with E-state index >= 15 is 0 Å². The van der Waals surface area contributed by atoms with Gasteiger partial charge in [-0.25, -0.2) is 0 Å². The van der Waals surface area contributed by atoms with Crippen LogP contribution in [0, 0.1) is 0 Å². The monoisotopic (exact) mass is 394 g/mol. The molecule has 2 heterocycles. The number of nitrogens with one attached hydrogen (secondary N) is 2. The Hall–Kier alpha value is -1.60. The lowest BCUT2D eigenvalue weighted by molar-refractivity contribution is -0.114. The summed E-state index contributed by atoms with van der Waals surface area (Å²) in [7, 11) is 0. The maximum absolute atomic E-state index is 12.4. The second kappa shape index (κ2) is 6.04. The molecular formula is C16H8Cl2N2O2S2. The van der Waals surface area contributed by atoms with Crippen molar-refractivity contribution in [2.75, 3.05) is 10.6 Å². The van der Waals surface area contributed by atoms with Gasteiger partial charge in [0.05, 0.1) is 21.2 Å². The highest BCUT2D eigenvalue weighted by molar-refractivity contribution is 8.08. The topological polar surface area (TPSA) is 58.2 Å². The Bertz CT molecular complexity index is 868. The number of hydrogen-bond donors (Lipinski definition) is 2. The smallest absolute Gasteiger partial charge is 0.263 e. The molecule has 2 aromatic rings. The number of halogens is 2. The van der Waals surface area contributed by atoms with Crippen molar-refractivity contribution in [3.05, 3.63) is 56.3 Å². The van der Waals surface area contributed by atoms with E-state index in [1.165, 1.54) is 23.5 Å². The summed E-state index contributed by atoms with van der Waals surface area (Å²) in [5.74, 6) is -0.615. The van der Waals surface area contributed by atoms with Crippen molar-refractivity contribution in [2.45, 2.75) is 9.79 Å². The summed E-state index contributed by atoms with van der Waals surface area (Å²) >= 11 is 14.5. The fourth-order valence-electron chi connectivity index (χ4n) is 2.34. The van der Waals surface area contributed by atoms with Crippen molar-refractivity contribution in [3.63, 3.8) is 0 Å². The number of hydrogen-bond acceptors (Lipinski definition) is 4. The van der Waals surface area contributed by atoms with Gasteiger partial charge in [-0.05, 0) is 36.4 Å². The van der Waals surface area contributed by atoms with E-state index in [-0.39, 0.29) is 11.8 Å². The molecule has 0 bridgehead atoms. The predicted octanol–water partition coefficient (Wildman–Crippen LogP) is 4.99. The van der Waals surface area contributed by atoms with Gasteiger partial charge < -0.3 is 10.6 Å². The van der Waals surface area contributed by atoms with E-state index in [0.29, 0.717) is 31.2 Å². The second-order valence-corrected chi connectivity index (χ2v) is 8.03. The van der Waals surface area contributed by atoms with Crippen molar-refractivity contribution in [1.82, 2.24) is 0 Å². The Balaban J connectivity index is 1.79. The zero-order valence-electron chi connectivity index (χ0n) is 11.9. The summed E-state index contributed by atoms with van der Waals surface area (Å²) in [5, 5.41) is 6.73. The minimum absolute atomic E-state index is 0.307. The molecule has 4 rings (SSSR count). The van der Waals surface area contributed by atoms with Crippen LogP contribution in [0.2, 0.25) is 10.0 Å². The van der Waals surface area contributed by atoms with Gasteiger partial charge in [-0.3, -0.25) is 9.59 Å². The maximum atomic E-state index is 12.4. The SMILES string of the molecule is O=C1Nc2ccc(Cl)cc2S/C1=C1/Sc2cc(Cl)ccc2NC1=O. The minimum Gasteiger partial charge on any atom is -0.320 e. The van der Waals surface area contributed by atoms with Crippen molar-refractivity contribution in [2.24, 2.45) is 0 Å². The quantitative estimate of drug-likeness (QED) is 0.617. The lowest BCUT2D eigenvalue weighted by atomic mass is 10.3. The van der Waals surface area contributed by atoms with Gasteiger partial charge in [0.2, 0.25) is 0 Å². The summed E-state index contributed by atoms with van der Waals surface area (Å²) in [5.41, 5.74) is 1.37. The Kier molecular flexibility index (Phi) is 4.00. The third kappa shape index (κ3) is 2.80. The molecule has 2 aromatic carbocycles. The van der Waals surface area contributed by atoms with Crippen LogP contribution in [0.3, 0.4) is 0 Å². The highest BCUT2D eigenvalue weighted by Crippen LogP contribution is 2.47. The number of fused-ring (bicyclic) bond motifs is 2. The fourth-order valence-corrected chi connectivity index (χ4v) is 4.99. The van der Waals surface area contributed by atoms with Crippen molar-refractivity contribution >= 4 is 69.9 Å². The number of anilines is 2. The summed E-state index contributed by atoms with van der Waals surface area (Å²) in [4.78, 5) is 27.1. The van der Waals surface area contributed by atoms with E-state index in [4.69, 9.17) is 23.2 Å². The molecule has 0 aromatic heterocycles. The average Bonchev–Trinajstić information content (AvgIpc) is 2.54. The zero-order chi connectivity index (χ0) is 16.8. The van der Waals surface area contributed by atoms with Crippen LogP contribution in [0.1, 0.15) is 0 Å². The standard InChI is InChI=1S/C16H8Cl2N2O2S2/c17-7-1-3-9-11(5-7)23-13(15(21)19-9)14-16(22)20-10-4-2-8(18)6-12(10)24-14/h1-6H,(H,19,21)(H,20,22)/b14-13+. The molecule has 2 N–H and O–H groups in total. The molecule has 0 saturated carbocycles. The van der Waals surface area contributed by atoms with Crippen LogP contribution < -0.4 is 10.6 Å². The zero-order valence-corrected chi connectivity index (χ0v) is 15.0. The molecule has 8 heteroatoms. The molecular weight excluding hydrogens is 387 g/mol. The number of rotatable bonds is 0. The molecule has 2 aliphatic heterocycles. The summed E-state index contributed by atoms with van der Waals surface area (Å²) in [6.07, 6.45) is 0. The van der Waals surface area contributed by atoms with Crippen LogP contribution in [0.25, 0.3) is 0 Å². The van der Waals surface area contributed by atoms with Gasteiger partial charge in [-0.1, -0.05) is 46.7 Å². The molecule has 24 heavy (non-hydrogen) atoms. The second-order valence-electron chi connectivity index (χ2n) is 5.05. The molecule has 0 saturated heterocycles. The first-order chi connectivity index (χ1) is 11.5. The van der Waals surface area contributed by atoms with Gasteiger partial charge in [0.15, 0.2) is 0 Å². The van der Waals surface area contributed by atoms with Crippen LogP contribution in [0.4, 0.5) is 11.4 Å². The fraction of sp³-hybridized carbons (Fsp3) is 0. The highest BCUT2D eigenvalue weighted by atomic mass is 35.5. The van der Waals surface area contributed by atoms with Crippen molar-refractivity contribution in [1.29, 1.82) is 0 Å². The van der Waals surface area contributed by atoms with Crippen LogP contribution in [0.5, 0.6) is 0 Å². The lowest BCUT2D eigenvalue weighted by Crippen LogP contribution is -2.24. The van der Waals surface area contributed by atoms with Gasteiger partial charge in [0, 0.05) is 19.8 Å². The van der Waals surface area contributed by atoms with E-state index in [9.17, 15) is 9.59 Å². The number of benzene rings is 2. The first kappa shape index (κ1) is 15.9. The largest absolute Gasteiger partial charge is 0.320 e. The molecule has 0 fully saturated rings. The molecule has 0 atom stereocenters. The molecule has 0 spiro atoms. The van der Waals surface area contributed by atoms with Gasteiger partial charge >= 0.3 is 0 Å². The van der Waals surface area contributed by atoms with E-state index < -0.39 is 0 Å². The van der Waals surface area contributed by atoms with E-state index in [2.05, 4.69) is 10.6 Å². The van der Waals surface area contributed by atoms with Gasteiger partial charge in [0.25, 0.3) is 11.8 Å². The molecule has 0 unspecified atom stereocenters. The number of thioether (sulfide) groups is 2. The summed E-state index contributed by atoms with van der Waals surface area (Å²) in [6, 6.07) is 10.4. The molecule has 0 radical (unpaired) electrons. The third-order valence-electron chi connectivity index (χ3n) is 3.43. The molecule has 2 amide bonds. The van der Waals surface area contributed by atoms with Crippen LogP contribution in [0.15, 0.2) is 56.0 Å². The van der Waals surface area contributed by atoms with Crippen LogP contribution in [-0.4, -0.2) is 11.8 Å². The van der Waals surface area contributed by atoms with Crippen LogP contribution >= 0.6 is 46.7 Å². The molecule has 0 aliphatic carbocycles. The third-order valence-corrected chi connectivity index (χ3v) is 6.33. The van der Waals surface area contributed by atoms with Crippen molar-refractivity contribution in [3.8, 4) is 0 Å². The van der Waals surface area contributed by atoms with E-state index in [1.54, 1.807) is 36.4 Å². The Morgan fingerprint density at radius 2 is 1.12 bits per heavy atom. The Morgan fingerprint density at radius 3 is 1.54 bits per heavy atom. The van der Waals surface area contributed by atoms with E-state index in [0.717, 1.165) is 9.79 Å². The van der Waals surface area contributed by atoms with E-state index in [1.807, 2.05) is 0 Å². The Labute approximate surface area is 156 Å². The Morgan fingerprint density at radius 1 is 0.708 bits per heavy atom. The number of amides is 2. The lowest BCUT2D eigenvalue weighted by Gasteiger charge is -2.24. The van der Waals surface area contributed by atoms with Crippen molar-refractivity contribution < 1.29 is 9.59 Å². The van der Waals surface area contributed by atoms with Gasteiger partial charge in [-0.15, -0.1) is 0 Å². The predicted molar refractivity (Wildman–Crippen MR) is 98.9 cm³/mol. The van der Waals surface area contributed by atoms with Gasteiger partial charge in [0.1, 0.15) is 0 Å². The molecule has 2 aliphatic rings. The number of carbonyl (C=O) groups excluding carboxylic acids is 2. The number of carbonyl (C=O) groups is 2. The molecule has 4 nitrogen and oxygen atoms in total. The molecule has 120 valence electrons. The highest BCUT2D eigenvalue weighted by Gasteiger charge is 2.31. The first-order valence-electron chi connectivity index (χ1n) is 6.83. The maximum Gasteiger partial charge on any atom is 0.263 e. The normalized spacial score (nSPS) is 19.2. The van der Waals surface area contributed by atoms with Crippen LogP contribution in [-0.2, 0) is 9.59 Å². The summed E-state index contributed by atoms with van der Waals surface area (Å²) in [6.45, 7) is 0. The average molecular weight is 395 g/mol. The van der Waals surface area contributed by atoms with Gasteiger partial charge in [-0.2, -0.15) is 0 Å². The summed E-state index contributed by atoms with van der Waals surface area (Å²) < 4.78 is 0. The minimum atomic E-state index is -0.307. The first-order valence-corrected chi connectivity index (χ1v) is 9.22.